The molecule has 5 nitrogen and oxygen atoms in total. The Labute approximate surface area is 150 Å². The minimum absolute atomic E-state index is 0.0122. The molecule has 0 saturated carbocycles. The van der Waals surface area contributed by atoms with E-state index >= 15 is 0 Å². The van der Waals surface area contributed by atoms with Gasteiger partial charge >= 0.3 is 0 Å². The smallest absolute Gasteiger partial charge is 0.265 e. The first kappa shape index (κ1) is 16.1. The van der Waals surface area contributed by atoms with Crippen molar-refractivity contribution in [1.29, 1.82) is 0 Å². The number of rotatable bonds is 5. The molecule has 1 amide bonds. The van der Waals surface area contributed by atoms with Crippen LogP contribution < -0.4 is 14.4 Å². The van der Waals surface area contributed by atoms with Crippen LogP contribution in [0.2, 0.25) is 0 Å². The molecule has 0 spiro atoms. The molecule has 0 aromatic heterocycles. The number of hydrogen-bond donors (Lipinski definition) is 0. The van der Waals surface area contributed by atoms with Crippen molar-refractivity contribution in [2.45, 2.75) is 0 Å². The van der Waals surface area contributed by atoms with E-state index in [1.54, 1.807) is 23.1 Å². The predicted octanol–water partition coefficient (Wildman–Crippen LogP) is 3.46. The molecule has 0 radical (unpaired) electrons. The normalized spacial score (nSPS) is 13.2. The zero-order chi connectivity index (χ0) is 17.9. The summed E-state index contributed by atoms with van der Waals surface area (Å²) in [5, 5.41) is 2.14. The molecule has 0 aliphatic carbocycles. The number of aldehydes is 1. The minimum atomic E-state index is -0.151. The summed E-state index contributed by atoms with van der Waals surface area (Å²) < 4.78 is 11.4. The third-order valence-electron chi connectivity index (χ3n) is 4.38. The number of anilines is 1. The van der Waals surface area contributed by atoms with E-state index in [1.165, 1.54) is 0 Å². The Hall–Kier alpha value is -3.34. The van der Waals surface area contributed by atoms with Crippen LogP contribution in [0.5, 0.6) is 11.5 Å². The molecule has 0 atom stereocenters. The van der Waals surface area contributed by atoms with E-state index < -0.39 is 0 Å². The van der Waals surface area contributed by atoms with Crippen LogP contribution in [0.4, 0.5) is 5.69 Å². The molecule has 0 saturated heterocycles. The van der Waals surface area contributed by atoms with Crippen LogP contribution in [0.1, 0.15) is 10.4 Å². The zero-order valence-electron chi connectivity index (χ0n) is 14.1. The highest BCUT2D eigenvalue weighted by Crippen LogP contribution is 2.32. The molecule has 0 bridgehead atoms. The van der Waals surface area contributed by atoms with Gasteiger partial charge in [-0.25, -0.2) is 0 Å². The standard InChI is InChI=1S/C21H17NO4/c23-13-15-8-9-20-18(12-15)22(21(24)14-26-20)10-11-25-19-7-3-5-16-4-1-2-6-17(16)19/h1-9,12-13H,10-11,14H2. The number of amides is 1. The first-order valence-electron chi connectivity index (χ1n) is 8.39. The van der Waals surface area contributed by atoms with Gasteiger partial charge in [-0.2, -0.15) is 0 Å². The van der Waals surface area contributed by atoms with Crippen molar-refractivity contribution in [2.75, 3.05) is 24.7 Å². The Balaban J connectivity index is 1.53. The highest BCUT2D eigenvalue weighted by molar-refractivity contribution is 5.98. The number of benzene rings is 3. The van der Waals surface area contributed by atoms with Gasteiger partial charge in [-0.15, -0.1) is 0 Å². The number of carbonyl (C=O) groups is 2. The molecule has 1 heterocycles. The molecule has 5 heteroatoms. The third kappa shape index (κ3) is 2.99. The lowest BCUT2D eigenvalue weighted by atomic mass is 10.1. The topological polar surface area (TPSA) is 55.8 Å². The van der Waals surface area contributed by atoms with E-state index in [0.717, 1.165) is 22.8 Å². The van der Waals surface area contributed by atoms with Crippen molar-refractivity contribution in [3.63, 3.8) is 0 Å². The molecular formula is C21H17NO4. The van der Waals surface area contributed by atoms with Crippen molar-refractivity contribution in [1.82, 2.24) is 0 Å². The van der Waals surface area contributed by atoms with Gasteiger partial charge in [0.1, 0.15) is 24.4 Å². The van der Waals surface area contributed by atoms with E-state index in [-0.39, 0.29) is 12.5 Å². The Morgan fingerprint density at radius 2 is 1.92 bits per heavy atom. The fourth-order valence-corrected chi connectivity index (χ4v) is 3.11. The van der Waals surface area contributed by atoms with Crippen LogP contribution in [0, 0.1) is 0 Å². The number of ether oxygens (including phenoxy) is 2. The number of nitrogens with zero attached hydrogens (tertiary/aromatic N) is 1. The molecule has 0 fully saturated rings. The van der Waals surface area contributed by atoms with Gasteiger partial charge in [0.25, 0.3) is 5.91 Å². The van der Waals surface area contributed by atoms with Crippen LogP contribution in [0.25, 0.3) is 10.8 Å². The fraction of sp³-hybridized carbons (Fsp3) is 0.143. The largest absolute Gasteiger partial charge is 0.491 e. The maximum atomic E-state index is 12.3. The van der Waals surface area contributed by atoms with Gasteiger partial charge in [-0.3, -0.25) is 9.59 Å². The first-order valence-corrected chi connectivity index (χ1v) is 8.39. The summed E-state index contributed by atoms with van der Waals surface area (Å²) in [4.78, 5) is 24.9. The average Bonchev–Trinajstić information content (AvgIpc) is 2.69. The van der Waals surface area contributed by atoms with E-state index in [0.29, 0.717) is 30.2 Å². The van der Waals surface area contributed by atoms with Gasteiger partial charge < -0.3 is 14.4 Å². The van der Waals surface area contributed by atoms with Crippen LogP contribution in [-0.4, -0.2) is 32.0 Å². The van der Waals surface area contributed by atoms with Gasteiger partial charge in [0, 0.05) is 10.9 Å². The van der Waals surface area contributed by atoms with Gasteiger partial charge in [0.2, 0.25) is 0 Å². The second-order valence-electron chi connectivity index (χ2n) is 6.00. The minimum Gasteiger partial charge on any atom is -0.491 e. The highest BCUT2D eigenvalue weighted by Gasteiger charge is 2.25. The Bertz CT molecular complexity index is 977. The lowest BCUT2D eigenvalue weighted by Gasteiger charge is -2.29. The molecule has 26 heavy (non-hydrogen) atoms. The fourth-order valence-electron chi connectivity index (χ4n) is 3.11. The summed E-state index contributed by atoms with van der Waals surface area (Å²) in [6, 6.07) is 18.9. The van der Waals surface area contributed by atoms with E-state index in [9.17, 15) is 9.59 Å². The van der Waals surface area contributed by atoms with Crippen molar-refractivity contribution >= 4 is 28.7 Å². The van der Waals surface area contributed by atoms with Gasteiger partial charge in [0.05, 0.1) is 12.2 Å². The second kappa shape index (κ2) is 6.88. The molecule has 3 aromatic rings. The van der Waals surface area contributed by atoms with E-state index in [2.05, 4.69) is 0 Å². The molecule has 0 unspecified atom stereocenters. The Morgan fingerprint density at radius 1 is 1.08 bits per heavy atom. The maximum absolute atomic E-state index is 12.3. The lowest BCUT2D eigenvalue weighted by Crippen LogP contribution is -2.41. The van der Waals surface area contributed by atoms with Crippen molar-refractivity contribution in [2.24, 2.45) is 0 Å². The zero-order valence-corrected chi connectivity index (χ0v) is 14.1. The van der Waals surface area contributed by atoms with Crippen LogP contribution >= 0.6 is 0 Å². The first-order chi connectivity index (χ1) is 12.8. The molecule has 3 aromatic carbocycles. The molecule has 0 N–H and O–H groups in total. The summed E-state index contributed by atoms with van der Waals surface area (Å²) in [6.45, 7) is 0.701. The van der Waals surface area contributed by atoms with Crippen molar-refractivity contribution in [3.8, 4) is 11.5 Å². The van der Waals surface area contributed by atoms with E-state index in [4.69, 9.17) is 9.47 Å². The van der Waals surface area contributed by atoms with E-state index in [1.807, 2.05) is 42.5 Å². The molecule has 1 aliphatic rings. The SMILES string of the molecule is O=Cc1ccc2c(c1)N(CCOc1cccc3ccccc13)C(=O)CO2. The van der Waals surface area contributed by atoms with Crippen LogP contribution in [0.15, 0.2) is 60.7 Å². The van der Waals surface area contributed by atoms with Crippen LogP contribution in [-0.2, 0) is 4.79 Å². The maximum Gasteiger partial charge on any atom is 0.265 e. The van der Waals surface area contributed by atoms with Gasteiger partial charge in [-0.1, -0.05) is 36.4 Å². The predicted molar refractivity (Wildman–Crippen MR) is 99.1 cm³/mol. The average molecular weight is 347 g/mol. The van der Waals surface area contributed by atoms with Crippen LogP contribution in [0.3, 0.4) is 0 Å². The van der Waals surface area contributed by atoms with Crippen molar-refractivity contribution < 1.29 is 19.1 Å². The van der Waals surface area contributed by atoms with Crippen molar-refractivity contribution in [3.05, 3.63) is 66.2 Å². The third-order valence-corrected chi connectivity index (χ3v) is 4.38. The number of hydrogen-bond acceptors (Lipinski definition) is 4. The number of fused-ring (bicyclic) bond motifs is 2. The monoisotopic (exact) mass is 347 g/mol. The Kier molecular flexibility index (Phi) is 4.27. The Morgan fingerprint density at radius 3 is 2.81 bits per heavy atom. The molecular weight excluding hydrogens is 330 g/mol. The van der Waals surface area contributed by atoms with Gasteiger partial charge in [0.15, 0.2) is 6.61 Å². The summed E-state index contributed by atoms with van der Waals surface area (Å²) in [5.74, 6) is 1.23. The molecule has 1 aliphatic heterocycles. The molecule has 130 valence electrons. The summed E-state index contributed by atoms with van der Waals surface area (Å²) >= 11 is 0. The summed E-state index contributed by atoms with van der Waals surface area (Å²) in [7, 11) is 0. The highest BCUT2D eigenvalue weighted by atomic mass is 16.5. The summed E-state index contributed by atoms with van der Waals surface area (Å²) in [5.41, 5.74) is 1.11. The summed E-state index contributed by atoms with van der Waals surface area (Å²) in [6.07, 6.45) is 0.754. The van der Waals surface area contributed by atoms with Gasteiger partial charge in [-0.05, 0) is 29.7 Å². The lowest BCUT2D eigenvalue weighted by molar-refractivity contribution is -0.121. The quantitative estimate of drug-likeness (QED) is 0.663. The number of carbonyl (C=O) groups excluding carboxylic acids is 2. The molecule has 4 rings (SSSR count). The second-order valence-corrected chi connectivity index (χ2v) is 6.00.